The van der Waals surface area contributed by atoms with Gasteiger partial charge in [0.15, 0.2) is 11.5 Å². The summed E-state index contributed by atoms with van der Waals surface area (Å²) in [4.78, 5) is 12.5. The fourth-order valence-electron chi connectivity index (χ4n) is 2.56. The van der Waals surface area contributed by atoms with E-state index in [4.69, 9.17) is 9.47 Å². The topological polar surface area (TPSA) is 71.3 Å². The predicted octanol–water partition coefficient (Wildman–Crippen LogP) is 4.26. The Labute approximate surface area is 153 Å². The molecule has 2 aromatic rings. The molecule has 0 unspecified atom stereocenters. The van der Waals surface area contributed by atoms with Gasteiger partial charge in [0.25, 0.3) is 5.91 Å². The van der Waals surface area contributed by atoms with Crippen LogP contribution in [0.3, 0.4) is 0 Å². The molecular formula is C21H22N2O3. The zero-order valence-corrected chi connectivity index (χ0v) is 15.4. The summed E-state index contributed by atoms with van der Waals surface area (Å²) in [6.07, 6.45) is 1.53. The molecule has 2 rings (SSSR count). The van der Waals surface area contributed by atoms with Gasteiger partial charge in [-0.1, -0.05) is 24.3 Å². The molecule has 134 valence electrons. The van der Waals surface area contributed by atoms with Gasteiger partial charge in [0.1, 0.15) is 11.6 Å². The van der Waals surface area contributed by atoms with Gasteiger partial charge in [0.05, 0.1) is 13.7 Å². The minimum Gasteiger partial charge on any atom is -0.493 e. The van der Waals surface area contributed by atoms with Gasteiger partial charge in [-0.2, -0.15) is 5.26 Å². The SMILES string of the molecule is CCOc1cc(/C=C(/C#N)C(=O)Nc2c(C)cccc2C)ccc1OC. The third-order valence-electron chi connectivity index (χ3n) is 3.88. The molecule has 0 bridgehead atoms. The number of hydrogen-bond donors (Lipinski definition) is 1. The Balaban J connectivity index is 2.31. The smallest absolute Gasteiger partial charge is 0.266 e. The third kappa shape index (κ3) is 4.42. The monoisotopic (exact) mass is 350 g/mol. The van der Waals surface area contributed by atoms with Crippen molar-refractivity contribution in [2.24, 2.45) is 0 Å². The minimum atomic E-state index is -0.446. The number of nitriles is 1. The van der Waals surface area contributed by atoms with Crippen LogP contribution in [0.2, 0.25) is 0 Å². The van der Waals surface area contributed by atoms with Crippen molar-refractivity contribution in [2.75, 3.05) is 19.0 Å². The number of nitrogens with one attached hydrogen (secondary N) is 1. The number of carbonyl (C=O) groups is 1. The van der Waals surface area contributed by atoms with Crippen molar-refractivity contribution in [3.05, 3.63) is 58.7 Å². The summed E-state index contributed by atoms with van der Waals surface area (Å²) < 4.78 is 10.8. The van der Waals surface area contributed by atoms with Crippen LogP contribution in [0.5, 0.6) is 11.5 Å². The number of methoxy groups -OCH3 is 1. The maximum atomic E-state index is 12.5. The summed E-state index contributed by atoms with van der Waals surface area (Å²) in [5.74, 6) is 0.720. The van der Waals surface area contributed by atoms with E-state index in [1.54, 1.807) is 25.3 Å². The molecule has 5 heteroatoms. The van der Waals surface area contributed by atoms with Crippen LogP contribution < -0.4 is 14.8 Å². The lowest BCUT2D eigenvalue weighted by Gasteiger charge is -2.11. The Morgan fingerprint density at radius 1 is 1.19 bits per heavy atom. The van der Waals surface area contributed by atoms with Gasteiger partial charge in [-0.15, -0.1) is 0 Å². The largest absolute Gasteiger partial charge is 0.493 e. The summed E-state index contributed by atoms with van der Waals surface area (Å²) >= 11 is 0. The van der Waals surface area contributed by atoms with Crippen LogP contribution >= 0.6 is 0 Å². The summed E-state index contributed by atoms with van der Waals surface area (Å²) in [6, 6.07) is 13.0. The standard InChI is InChI=1S/C21H22N2O3/c1-5-26-19-12-16(9-10-18(19)25-4)11-17(13-22)21(24)23-20-14(2)7-6-8-15(20)3/h6-12H,5H2,1-4H3,(H,23,24)/b17-11-. The molecule has 0 heterocycles. The Bertz CT molecular complexity index is 859. The Hall–Kier alpha value is -3.26. The second kappa shape index (κ2) is 8.72. The first-order chi connectivity index (χ1) is 12.5. The van der Waals surface area contributed by atoms with Crippen LogP contribution in [0, 0.1) is 25.2 Å². The van der Waals surface area contributed by atoms with E-state index in [1.165, 1.54) is 6.08 Å². The molecule has 0 aliphatic heterocycles. The molecule has 0 radical (unpaired) electrons. The van der Waals surface area contributed by atoms with Crippen molar-refractivity contribution >= 4 is 17.7 Å². The van der Waals surface area contributed by atoms with Crippen LogP contribution in [-0.4, -0.2) is 19.6 Å². The van der Waals surface area contributed by atoms with E-state index in [0.717, 1.165) is 16.8 Å². The van der Waals surface area contributed by atoms with Gasteiger partial charge < -0.3 is 14.8 Å². The molecule has 0 saturated carbocycles. The molecule has 5 nitrogen and oxygen atoms in total. The molecule has 0 aliphatic rings. The van der Waals surface area contributed by atoms with E-state index in [1.807, 2.05) is 45.0 Å². The van der Waals surface area contributed by atoms with Crippen LogP contribution in [0.1, 0.15) is 23.6 Å². The van der Waals surface area contributed by atoms with Gasteiger partial charge in [-0.05, 0) is 55.7 Å². The fourth-order valence-corrected chi connectivity index (χ4v) is 2.56. The number of rotatable bonds is 6. The predicted molar refractivity (Wildman–Crippen MR) is 102 cm³/mol. The van der Waals surface area contributed by atoms with E-state index in [2.05, 4.69) is 5.32 Å². The van der Waals surface area contributed by atoms with Gasteiger partial charge in [0.2, 0.25) is 0 Å². The number of nitrogens with zero attached hydrogens (tertiary/aromatic N) is 1. The first-order valence-corrected chi connectivity index (χ1v) is 8.30. The summed E-state index contributed by atoms with van der Waals surface area (Å²) in [5, 5.41) is 12.2. The number of anilines is 1. The zero-order valence-electron chi connectivity index (χ0n) is 15.4. The highest BCUT2D eigenvalue weighted by atomic mass is 16.5. The molecule has 26 heavy (non-hydrogen) atoms. The molecule has 1 N–H and O–H groups in total. The van der Waals surface area contributed by atoms with Crippen LogP contribution in [-0.2, 0) is 4.79 Å². The summed E-state index contributed by atoms with van der Waals surface area (Å²) in [6.45, 7) is 6.19. The highest BCUT2D eigenvalue weighted by Crippen LogP contribution is 2.29. The average molecular weight is 350 g/mol. The van der Waals surface area contributed by atoms with Gasteiger partial charge in [-0.3, -0.25) is 4.79 Å². The molecule has 0 fully saturated rings. The fraction of sp³-hybridized carbons (Fsp3) is 0.238. The lowest BCUT2D eigenvalue weighted by molar-refractivity contribution is -0.112. The van der Waals surface area contributed by atoms with Gasteiger partial charge >= 0.3 is 0 Å². The van der Waals surface area contributed by atoms with E-state index < -0.39 is 5.91 Å². The second-order valence-electron chi connectivity index (χ2n) is 5.73. The van der Waals surface area contributed by atoms with E-state index >= 15 is 0 Å². The maximum Gasteiger partial charge on any atom is 0.266 e. The van der Waals surface area contributed by atoms with Crippen molar-refractivity contribution < 1.29 is 14.3 Å². The van der Waals surface area contributed by atoms with Crippen molar-refractivity contribution in [1.82, 2.24) is 0 Å². The van der Waals surface area contributed by atoms with Crippen LogP contribution in [0.4, 0.5) is 5.69 Å². The average Bonchev–Trinajstić information content (AvgIpc) is 2.63. The van der Waals surface area contributed by atoms with Crippen LogP contribution in [0.25, 0.3) is 6.08 Å². The summed E-state index contributed by atoms with van der Waals surface area (Å²) in [7, 11) is 1.56. The summed E-state index contributed by atoms with van der Waals surface area (Å²) in [5.41, 5.74) is 3.31. The molecule has 0 aliphatic carbocycles. The lowest BCUT2D eigenvalue weighted by atomic mass is 10.1. The zero-order chi connectivity index (χ0) is 19.1. The number of para-hydroxylation sites is 1. The maximum absolute atomic E-state index is 12.5. The highest BCUT2D eigenvalue weighted by molar-refractivity contribution is 6.10. The Morgan fingerprint density at radius 2 is 1.88 bits per heavy atom. The highest BCUT2D eigenvalue weighted by Gasteiger charge is 2.13. The first kappa shape index (κ1) is 19.1. The molecule has 0 spiro atoms. The second-order valence-corrected chi connectivity index (χ2v) is 5.73. The molecule has 0 atom stereocenters. The number of aryl methyl sites for hydroxylation is 2. The Morgan fingerprint density at radius 3 is 2.46 bits per heavy atom. The van der Waals surface area contributed by atoms with E-state index in [0.29, 0.717) is 23.7 Å². The number of hydrogen-bond acceptors (Lipinski definition) is 4. The van der Waals surface area contributed by atoms with Crippen molar-refractivity contribution in [1.29, 1.82) is 5.26 Å². The number of amides is 1. The lowest BCUT2D eigenvalue weighted by Crippen LogP contribution is -2.15. The van der Waals surface area contributed by atoms with Gasteiger partial charge in [-0.25, -0.2) is 0 Å². The van der Waals surface area contributed by atoms with Crippen molar-refractivity contribution in [3.63, 3.8) is 0 Å². The quantitative estimate of drug-likeness (QED) is 0.624. The molecule has 2 aromatic carbocycles. The van der Waals surface area contributed by atoms with Crippen molar-refractivity contribution in [3.8, 4) is 17.6 Å². The first-order valence-electron chi connectivity index (χ1n) is 8.30. The molecular weight excluding hydrogens is 328 g/mol. The molecule has 1 amide bonds. The molecule has 0 saturated heterocycles. The van der Waals surface area contributed by atoms with Gasteiger partial charge in [0, 0.05) is 5.69 Å². The number of benzene rings is 2. The number of carbonyl (C=O) groups excluding carboxylic acids is 1. The van der Waals surface area contributed by atoms with Crippen molar-refractivity contribution in [2.45, 2.75) is 20.8 Å². The van der Waals surface area contributed by atoms with E-state index in [9.17, 15) is 10.1 Å². The van der Waals surface area contributed by atoms with Crippen LogP contribution in [0.15, 0.2) is 42.0 Å². The Kier molecular flexibility index (Phi) is 6.40. The minimum absolute atomic E-state index is 0.0141. The van der Waals surface area contributed by atoms with E-state index in [-0.39, 0.29) is 5.57 Å². The third-order valence-corrected chi connectivity index (χ3v) is 3.88. The normalized spacial score (nSPS) is 10.8. The number of ether oxygens (including phenoxy) is 2. The molecule has 0 aromatic heterocycles.